The van der Waals surface area contributed by atoms with Crippen LogP contribution in [-0.4, -0.2) is 44.4 Å². The first-order valence-electron chi connectivity index (χ1n) is 9.99. The van der Waals surface area contributed by atoms with Gasteiger partial charge in [-0.1, -0.05) is 13.3 Å². The number of amides is 3. The van der Waals surface area contributed by atoms with Crippen LogP contribution in [0, 0.1) is 23.7 Å². The van der Waals surface area contributed by atoms with Crippen LogP contribution in [0.5, 0.6) is 0 Å². The van der Waals surface area contributed by atoms with E-state index in [0.29, 0.717) is 13.0 Å². The van der Waals surface area contributed by atoms with Crippen molar-refractivity contribution in [2.45, 2.75) is 58.5 Å². The van der Waals surface area contributed by atoms with E-state index in [1.165, 1.54) is 18.4 Å². The van der Waals surface area contributed by atoms with Gasteiger partial charge in [-0.15, -0.1) is 10.2 Å². The first-order valence-corrected chi connectivity index (χ1v) is 9.99. The Labute approximate surface area is 158 Å². The lowest BCUT2D eigenvalue weighted by molar-refractivity contribution is -0.141. The van der Waals surface area contributed by atoms with Crippen LogP contribution in [0.4, 0.5) is 0 Å². The fraction of sp³-hybridized carbons (Fsp3) is 0.737. The molecular formula is C19H27N5O3. The van der Waals surface area contributed by atoms with E-state index in [1.54, 1.807) is 0 Å². The molecule has 146 valence electrons. The van der Waals surface area contributed by atoms with Crippen molar-refractivity contribution >= 4 is 17.7 Å². The number of aromatic nitrogens is 3. The third kappa shape index (κ3) is 3.04. The summed E-state index contributed by atoms with van der Waals surface area (Å²) in [5.41, 5.74) is 0. The lowest BCUT2D eigenvalue weighted by Gasteiger charge is -2.34. The summed E-state index contributed by atoms with van der Waals surface area (Å²) < 4.78 is 2.11. The van der Waals surface area contributed by atoms with E-state index in [2.05, 4.69) is 20.1 Å². The largest absolute Gasteiger partial charge is 0.349 e. The second-order valence-electron chi connectivity index (χ2n) is 8.16. The van der Waals surface area contributed by atoms with Crippen molar-refractivity contribution in [1.82, 2.24) is 25.0 Å². The zero-order valence-corrected chi connectivity index (χ0v) is 16.0. The van der Waals surface area contributed by atoms with E-state index in [0.717, 1.165) is 43.9 Å². The van der Waals surface area contributed by atoms with Gasteiger partial charge in [0.15, 0.2) is 5.82 Å². The lowest BCUT2D eigenvalue weighted by Crippen LogP contribution is -2.45. The number of nitrogens with one attached hydrogen (secondary N) is 1. The van der Waals surface area contributed by atoms with Gasteiger partial charge in [0, 0.05) is 20.0 Å². The van der Waals surface area contributed by atoms with Crippen LogP contribution < -0.4 is 5.32 Å². The number of likely N-dealkylation sites (tertiary alicyclic amines) is 1. The zero-order valence-electron chi connectivity index (χ0n) is 16.0. The van der Waals surface area contributed by atoms with E-state index in [9.17, 15) is 14.4 Å². The summed E-state index contributed by atoms with van der Waals surface area (Å²) in [6.07, 6.45) is 5.79. The molecule has 1 saturated heterocycles. The van der Waals surface area contributed by atoms with Gasteiger partial charge in [-0.3, -0.25) is 19.3 Å². The molecule has 3 amide bonds. The first-order chi connectivity index (χ1) is 13.0. The number of imide groups is 1. The van der Waals surface area contributed by atoms with Crippen molar-refractivity contribution in [3.8, 4) is 0 Å². The molecule has 27 heavy (non-hydrogen) atoms. The first kappa shape index (κ1) is 18.1. The fourth-order valence-electron chi connectivity index (χ4n) is 4.97. The van der Waals surface area contributed by atoms with E-state index in [4.69, 9.17) is 0 Å². The number of rotatable bonds is 3. The van der Waals surface area contributed by atoms with Crippen LogP contribution in [0.2, 0.25) is 0 Å². The van der Waals surface area contributed by atoms with Gasteiger partial charge in [0.25, 0.3) is 0 Å². The minimum absolute atomic E-state index is 0.0741. The average Bonchev–Trinajstić information content (AvgIpc) is 3.01. The molecule has 1 aromatic heterocycles. The quantitative estimate of drug-likeness (QED) is 0.794. The number of carbonyl (C=O) groups excluding carboxylic acids is 3. The van der Waals surface area contributed by atoms with Gasteiger partial charge in [0.05, 0.1) is 24.3 Å². The Morgan fingerprint density at radius 3 is 2.78 bits per heavy atom. The minimum atomic E-state index is -0.526. The highest BCUT2D eigenvalue weighted by Crippen LogP contribution is 2.44. The maximum atomic E-state index is 13.0. The molecule has 2 fully saturated rings. The third-order valence-corrected chi connectivity index (χ3v) is 6.54. The highest BCUT2D eigenvalue weighted by molar-refractivity contribution is 6.06. The summed E-state index contributed by atoms with van der Waals surface area (Å²) in [6, 6.07) is 0. The summed E-state index contributed by atoms with van der Waals surface area (Å²) in [7, 11) is 1.52. The van der Waals surface area contributed by atoms with Crippen molar-refractivity contribution in [3.63, 3.8) is 0 Å². The topological polar surface area (TPSA) is 97.2 Å². The highest BCUT2D eigenvalue weighted by Gasteiger charge is 2.54. The summed E-state index contributed by atoms with van der Waals surface area (Å²) >= 11 is 0. The molecule has 0 aromatic carbocycles. The van der Waals surface area contributed by atoms with Crippen LogP contribution in [0.25, 0.3) is 0 Å². The molecule has 0 radical (unpaired) electrons. The molecule has 1 aliphatic carbocycles. The van der Waals surface area contributed by atoms with Gasteiger partial charge in [-0.25, -0.2) is 0 Å². The molecule has 1 aromatic rings. The summed E-state index contributed by atoms with van der Waals surface area (Å²) in [6.45, 7) is 3.19. The van der Waals surface area contributed by atoms with Crippen molar-refractivity contribution in [3.05, 3.63) is 11.6 Å². The van der Waals surface area contributed by atoms with Crippen LogP contribution in [0.15, 0.2) is 0 Å². The van der Waals surface area contributed by atoms with Crippen molar-refractivity contribution in [2.75, 3.05) is 7.05 Å². The predicted octanol–water partition coefficient (Wildman–Crippen LogP) is 0.898. The number of fused-ring (bicyclic) bond motifs is 2. The molecule has 3 heterocycles. The van der Waals surface area contributed by atoms with Gasteiger partial charge < -0.3 is 9.88 Å². The Bertz CT molecular complexity index is 773. The summed E-state index contributed by atoms with van der Waals surface area (Å²) in [5, 5.41) is 11.5. The summed E-state index contributed by atoms with van der Waals surface area (Å²) in [5.74, 6) is -0.0142. The number of hydrogen-bond acceptors (Lipinski definition) is 5. The lowest BCUT2D eigenvalue weighted by atomic mass is 9.67. The SMILES string of the molecule is CC1CCC2C(=O)N(C)C(=O)C2C1C(=O)NCc1nnc2n1CCCCC2. The maximum absolute atomic E-state index is 13.0. The highest BCUT2D eigenvalue weighted by atomic mass is 16.2. The van der Waals surface area contributed by atoms with E-state index >= 15 is 0 Å². The number of nitrogens with zero attached hydrogens (tertiary/aromatic N) is 4. The Kier molecular flexibility index (Phi) is 4.74. The van der Waals surface area contributed by atoms with Crippen LogP contribution in [0.1, 0.15) is 50.7 Å². The zero-order chi connectivity index (χ0) is 19.1. The Balaban J connectivity index is 1.48. The van der Waals surface area contributed by atoms with Crippen LogP contribution in [0.3, 0.4) is 0 Å². The Morgan fingerprint density at radius 2 is 1.96 bits per heavy atom. The van der Waals surface area contributed by atoms with Gasteiger partial charge in [-0.05, 0) is 31.6 Å². The molecule has 1 N–H and O–H groups in total. The number of carbonyl (C=O) groups is 3. The molecule has 4 rings (SSSR count). The molecule has 4 unspecified atom stereocenters. The van der Waals surface area contributed by atoms with E-state index in [1.807, 2.05) is 6.92 Å². The molecule has 0 spiro atoms. The van der Waals surface area contributed by atoms with Gasteiger partial charge >= 0.3 is 0 Å². The average molecular weight is 373 g/mol. The third-order valence-electron chi connectivity index (χ3n) is 6.54. The number of hydrogen-bond donors (Lipinski definition) is 1. The molecule has 8 nitrogen and oxygen atoms in total. The molecule has 3 aliphatic rings. The molecule has 4 atom stereocenters. The van der Waals surface area contributed by atoms with Crippen molar-refractivity contribution in [2.24, 2.45) is 23.7 Å². The molecular weight excluding hydrogens is 346 g/mol. The molecule has 1 saturated carbocycles. The van der Waals surface area contributed by atoms with Crippen LogP contribution >= 0.6 is 0 Å². The standard InChI is InChI=1S/C19H27N5O3/c1-11-7-8-12-16(19(27)23(2)18(12)26)15(11)17(25)20-10-14-22-21-13-6-4-3-5-9-24(13)14/h11-12,15-16H,3-10H2,1-2H3,(H,20,25). The van der Waals surface area contributed by atoms with Gasteiger partial charge in [0.1, 0.15) is 5.82 Å². The molecule has 8 heteroatoms. The maximum Gasteiger partial charge on any atom is 0.233 e. The second-order valence-corrected chi connectivity index (χ2v) is 8.16. The van der Waals surface area contributed by atoms with Crippen molar-refractivity contribution in [1.29, 1.82) is 0 Å². The van der Waals surface area contributed by atoms with E-state index < -0.39 is 11.8 Å². The van der Waals surface area contributed by atoms with Gasteiger partial charge in [0.2, 0.25) is 17.7 Å². The molecule has 0 bridgehead atoms. The molecule has 2 aliphatic heterocycles. The predicted molar refractivity (Wildman–Crippen MR) is 96.1 cm³/mol. The smallest absolute Gasteiger partial charge is 0.233 e. The van der Waals surface area contributed by atoms with Crippen LogP contribution in [-0.2, 0) is 33.9 Å². The fourth-order valence-corrected chi connectivity index (χ4v) is 4.97. The Morgan fingerprint density at radius 1 is 1.15 bits per heavy atom. The van der Waals surface area contributed by atoms with Crippen molar-refractivity contribution < 1.29 is 14.4 Å². The normalized spacial score (nSPS) is 30.7. The number of aryl methyl sites for hydroxylation is 1. The second kappa shape index (κ2) is 7.05. The monoisotopic (exact) mass is 373 g/mol. The Hall–Kier alpha value is -2.25. The van der Waals surface area contributed by atoms with Gasteiger partial charge in [-0.2, -0.15) is 0 Å². The van der Waals surface area contributed by atoms with E-state index in [-0.39, 0.29) is 29.6 Å². The minimum Gasteiger partial charge on any atom is -0.349 e. The summed E-state index contributed by atoms with van der Waals surface area (Å²) in [4.78, 5) is 39.1.